The predicted molar refractivity (Wildman–Crippen MR) is 108 cm³/mol. The molecule has 1 aromatic heterocycles. The molecule has 26 heavy (non-hydrogen) atoms. The second-order valence-electron chi connectivity index (χ2n) is 6.10. The molecule has 0 bridgehead atoms. The fourth-order valence-corrected chi connectivity index (χ4v) is 4.47. The lowest BCUT2D eigenvalue weighted by atomic mass is 10.2. The van der Waals surface area contributed by atoms with Crippen LogP contribution in [0.1, 0.15) is 27.2 Å². The van der Waals surface area contributed by atoms with E-state index < -0.39 is 0 Å². The molecule has 1 amide bonds. The van der Waals surface area contributed by atoms with Crippen molar-refractivity contribution in [2.75, 3.05) is 5.32 Å². The molecular weight excluding hydrogens is 389 g/mol. The molecule has 2 heterocycles. The number of aryl methyl sites for hydroxylation is 1. The summed E-state index contributed by atoms with van der Waals surface area (Å²) >= 11 is 13.9. The zero-order valence-corrected chi connectivity index (χ0v) is 16.3. The zero-order valence-electron chi connectivity index (χ0n) is 13.9. The third-order valence-corrected chi connectivity index (χ3v) is 5.72. The summed E-state index contributed by atoms with van der Waals surface area (Å²) in [5, 5.41) is 8.53. The van der Waals surface area contributed by atoms with Crippen LogP contribution in [0.3, 0.4) is 0 Å². The monoisotopic (exact) mass is 403 g/mol. The summed E-state index contributed by atoms with van der Waals surface area (Å²) in [6, 6.07) is 12.9. The fourth-order valence-electron chi connectivity index (χ4n) is 2.94. The van der Waals surface area contributed by atoms with Crippen LogP contribution in [0.2, 0.25) is 10.0 Å². The van der Waals surface area contributed by atoms with Crippen LogP contribution in [0.15, 0.2) is 42.5 Å². The molecule has 0 spiro atoms. The Hall–Kier alpha value is -1.95. The van der Waals surface area contributed by atoms with E-state index in [4.69, 9.17) is 28.3 Å². The van der Waals surface area contributed by atoms with E-state index in [1.807, 2.05) is 31.2 Å². The summed E-state index contributed by atoms with van der Waals surface area (Å²) < 4.78 is 1.80. The van der Waals surface area contributed by atoms with Gasteiger partial charge in [-0.1, -0.05) is 35.3 Å². The molecule has 0 saturated heterocycles. The highest BCUT2D eigenvalue weighted by molar-refractivity contribution is 7.98. The van der Waals surface area contributed by atoms with Crippen molar-refractivity contribution in [1.82, 2.24) is 9.78 Å². The number of aromatic nitrogens is 2. The maximum absolute atomic E-state index is 12.8. The highest BCUT2D eigenvalue weighted by Crippen LogP contribution is 2.36. The minimum Gasteiger partial charge on any atom is -0.306 e. The van der Waals surface area contributed by atoms with Crippen molar-refractivity contribution in [2.45, 2.75) is 18.4 Å². The first-order valence-electron chi connectivity index (χ1n) is 8.05. The van der Waals surface area contributed by atoms with E-state index >= 15 is 0 Å². The van der Waals surface area contributed by atoms with Crippen molar-refractivity contribution in [3.63, 3.8) is 0 Å². The van der Waals surface area contributed by atoms with E-state index in [2.05, 4.69) is 5.32 Å². The molecule has 2 aromatic carbocycles. The molecule has 1 N–H and O–H groups in total. The largest absolute Gasteiger partial charge is 0.306 e. The topological polar surface area (TPSA) is 46.9 Å². The SMILES string of the molecule is Cc1cccc(-n2nc3c(c2NC(=O)c2ccc(Cl)cc2Cl)CSC3)c1. The lowest BCUT2D eigenvalue weighted by molar-refractivity contribution is 0.102. The van der Waals surface area contributed by atoms with Gasteiger partial charge in [0.15, 0.2) is 0 Å². The third-order valence-electron chi connectivity index (χ3n) is 4.21. The van der Waals surface area contributed by atoms with Gasteiger partial charge in [0.1, 0.15) is 5.82 Å². The highest BCUT2D eigenvalue weighted by atomic mass is 35.5. The molecule has 3 aromatic rings. The molecule has 4 rings (SSSR count). The first kappa shape index (κ1) is 17.5. The van der Waals surface area contributed by atoms with Crippen LogP contribution in [0, 0.1) is 6.92 Å². The van der Waals surface area contributed by atoms with Crippen LogP contribution in [0.5, 0.6) is 0 Å². The summed E-state index contributed by atoms with van der Waals surface area (Å²) in [5.74, 6) is 2.09. The molecule has 0 saturated carbocycles. The van der Waals surface area contributed by atoms with Crippen LogP contribution in [0.25, 0.3) is 5.69 Å². The number of nitrogens with one attached hydrogen (secondary N) is 1. The van der Waals surface area contributed by atoms with Crippen molar-refractivity contribution in [3.05, 3.63) is 74.9 Å². The van der Waals surface area contributed by atoms with Gasteiger partial charge in [-0.15, -0.1) is 0 Å². The van der Waals surface area contributed by atoms with Crippen LogP contribution in [0.4, 0.5) is 5.82 Å². The first-order chi connectivity index (χ1) is 12.5. The van der Waals surface area contributed by atoms with Crippen LogP contribution in [-0.2, 0) is 11.5 Å². The van der Waals surface area contributed by atoms with Crippen LogP contribution < -0.4 is 5.32 Å². The van der Waals surface area contributed by atoms with Gasteiger partial charge in [0.05, 0.1) is 22.0 Å². The van der Waals surface area contributed by atoms with E-state index in [1.54, 1.807) is 34.6 Å². The van der Waals surface area contributed by atoms with E-state index in [9.17, 15) is 4.79 Å². The van der Waals surface area contributed by atoms with Gasteiger partial charge < -0.3 is 5.32 Å². The molecular formula is C19H15Cl2N3OS. The molecule has 7 heteroatoms. The summed E-state index contributed by atoms with van der Waals surface area (Å²) in [6.45, 7) is 2.03. The molecule has 0 atom stereocenters. The van der Waals surface area contributed by atoms with Gasteiger partial charge in [-0.2, -0.15) is 16.9 Å². The molecule has 132 valence electrons. The maximum Gasteiger partial charge on any atom is 0.258 e. The Kier molecular flexibility index (Phi) is 4.69. The predicted octanol–water partition coefficient (Wildman–Crippen LogP) is 5.49. The van der Waals surface area contributed by atoms with Gasteiger partial charge in [-0.05, 0) is 42.8 Å². The summed E-state index contributed by atoms with van der Waals surface area (Å²) in [5.41, 5.74) is 4.50. The first-order valence-corrected chi connectivity index (χ1v) is 9.96. The Morgan fingerprint density at radius 3 is 2.81 bits per heavy atom. The molecule has 0 aliphatic carbocycles. The minimum atomic E-state index is -0.278. The number of carbonyl (C=O) groups excluding carboxylic acids is 1. The number of rotatable bonds is 3. The Balaban J connectivity index is 1.75. The number of amides is 1. The Bertz CT molecular complexity index is 1020. The number of halogens is 2. The molecule has 0 fully saturated rings. The van der Waals surface area contributed by atoms with Gasteiger partial charge in [0, 0.05) is 22.1 Å². The van der Waals surface area contributed by atoms with Gasteiger partial charge in [0.2, 0.25) is 0 Å². The maximum atomic E-state index is 12.8. The molecule has 1 aliphatic rings. The molecule has 1 aliphatic heterocycles. The normalized spacial score (nSPS) is 12.9. The average Bonchev–Trinajstić information content (AvgIpc) is 3.17. The van der Waals surface area contributed by atoms with Gasteiger partial charge in [0.25, 0.3) is 5.91 Å². The number of thioether (sulfide) groups is 1. The minimum absolute atomic E-state index is 0.278. The standard InChI is InChI=1S/C19H15Cl2N3OS/c1-11-3-2-4-13(7-11)24-18(15-9-26-10-17(15)23-24)22-19(25)14-6-5-12(20)8-16(14)21/h2-8H,9-10H2,1H3,(H,22,25). The second kappa shape index (κ2) is 6.99. The van der Waals surface area contributed by atoms with Crippen LogP contribution >= 0.6 is 35.0 Å². The van der Waals surface area contributed by atoms with E-state index in [0.29, 0.717) is 21.4 Å². The lowest BCUT2D eigenvalue weighted by Crippen LogP contribution is -2.16. The van der Waals surface area contributed by atoms with E-state index in [1.165, 1.54) is 0 Å². The van der Waals surface area contributed by atoms with Crippen molar-refractivity contribution in [1.29, 1.82) is 0 Å². The van der Waals surface area contributed by atoms with Gasteiger partial charge in [-0.25, -0.2) is 4.68 Å². The number of nitrogens with zero attached hydrogens (tertiary/aromatic N) is 2. The van der Waals surface area contributed by atoms with E-state index in [0.717, 1.165) is 34.0 Å². The van der Waals surface area contributed by atoms with E-state index in [-0.39, 0.29) is 5.91 Å². The molecule has 0 unspecified atom stereocenters. The molecule has 4 nitrogen and oxygen atoms in total. The third kappa shape index (κ3) is 3.22. The smallest absolute Gasteiger partial charge is 0.258 e. The quantitative estimate of drug-likeness (QED) is 0.628. The van der Waals surface area contributed by atoms with Crippen molar-refractivity contribution in [2.24, 2.45) is 0 Å². The number of anilines is 1. The fraction of sp³-hybridized carbons (Fsp3) is 0.158. The van der Waals surface area contributed by atoms with Crippen LogP contribution in [-0.4, -0.2) is 15.7 Å². The Morgan fingerprint density at radius 1 is 1.19 bits per heavy atom. The van der Waals surface area contributed by atoms with Gasteiger partial charge in [-0.3, -0.25) is 4.79 Å². The van der Waals surface area contributed by atoms with Crippen molar-refractivity contribution < 1.29 is 4.79 Å². The highest BCUT2D eigenvalue weighted by Gasteiger charge is 2.25. The molecule has 0 radical (unpaired) electrons. The number of carbonyl (C=O) groups is 1. The Morgan fingerprint density at radius 2 is 2.04 bits per heavy atom. The number of hydrogen-bond acceptors (Lipinski definition) is 3. The Labute approximate surface area is 165 Å². The number of fused-ring (bicyclic) bond motifs is 1. The van der Waals surface area contributed by atoms with Crippen molar-refractivity contribution >= 4 is 46.7 Å². The number of hydrogen-bond donors (Lipinski definition) is 1. The summed E-state index contributed by atoms with van der Waals surface area (Å²) in [4.78, 5) is 12.8. The zero-order chi connectivity index (χ0) is 18.3. The van der Waals surface area contributed by atoms with Gasteiger partial charge >= 0.3 is 0 Å². The number of benzene rings is 2. The second-order valence-corrected chi connectivity index (χ2v) is 7.92. The lowest BCUT2D eigenvalue weighted by Gasteiger charge is -2.12. The van der Waals surface area contributed by atoms with Crippen molar-refractivity contribution in [3.8, 4) is 5.69 Å². The summed E-state index contributed by atoms with van der Waals surface area (Å²) in [6.07, 6.45) is 0. The average molecular weight is 404 g/mol. The summed E-state index contributed by atoms with van der Waals surface area (Å²) in [7, 11) is 0.